The third-order valence-electron chi connectivity index (χ3n) is 4.34. The summed E-state index contributed by atoms with van der Waals surface area (Å²) < 4.78 is 32.5. The van der Waals surface area contributed by atoms with Gasteiger partial charge in [0.15, 0.2) is 0 Å². The van der Waals surface area contributed by atoms with Crippen molar-refractivity contribution < 1.29 is 17.9 Å². The molecule has 1 unspecified atom stereocenters. The Kier molecular flexibility index (Phi) is 6.01. The predicted octanol–water partition coefficient (Wildman–Crippen LogP) is 2.17. The molecule has 0 radical (unpaired) electrons. The summed E-state index contributed by atoms with van der Waals surface area (Å²) in [5.41, 5.74) is 1.41. The summed E-state index contributed by atoms with van der Waals surface area (Å²) >= 11 is 0. The van der Waals surface area contributed by atoms with Crippen molar-refractivity contribution in [3.63, 3.8) is 0 Å². The van der Waals surface area contributed by atoms with Gasteiger partial charge in [-0.25, -0.2) is 8.42 Å². The van der Waals surface area contributed by atoms with Gasteiger partial charge in [0.25, 0.3) is 0 Å². The fourth-order valence-corrected chi connectivity index (χ4v) is 5.01. The average molecular weight is 354 g/mol. The summed E-state index contributed by atoms with van der Waals surface area (Å²) in [4.78, 5) is 13.9. The largest absolute Gasteiger partial charge is 0.383 e. The van der Waals surface area contributed by atoms with Crippen LogP contribution < -0.4 is 4.90 Å². The molecule has 1 aromatic carbocycles. The summed E-state index contributed by atoms with van der Waals surface area (Å²) in [5.74, 6) is 0.0916. The number of carbonyl (C=O) groups is 1. The van der Waals surface area contributed by atoms with Gasteiger partial charge >= 0.3 is 0 Å². The van der Waals surface area contributed by atoms with E-state index in [-0.39, 0.29) is 16.8 Å². The van der Waals surface area contributed by atoms with E-state index in [2.05, 4.69) is 0 Å². The predicted molar refractivity (Wildman–Crippen MR) is 93.7 cm³/mol. The van der Waals surface area contributed by atoms with E-state index in [1.165, 1.54) is 4.31 Å². The van der Waals surface area contributed by atoms with Crippen molar-refractivity contribution in [1.82, 2.24) is 4.31 Å². The summed E-state index contributed by atoms with van der Waals surface area (Å²) in [6.45, 7) is 6.82. The summed E-state index contributed by atoms with van der Waals surface area (Å²) in [5, 5.41) is 0. The molecule has 1 heterocycles. The van der Waals surface area contributed by atoms with Crippen molar-refractivity contribution in [3.05, 3.63) is 23.8 Å². The fourth-order valence-electron chi connectivity index (χ4n) is 3.18. The molecule has 0 N–H and O–H groups in total. The van der Waals surface area contributed by atoms with Gasteiger partial charge < -0.3 is 9.64 Å². The Morgan fingerprint density at radius 2 is 2.08 bits per heavy atom. The Bertz CT molecular complexity index is 703. The number of hydrogen-bond acceptors (Lipinski definition) is 4. The number of methoxy groups -OCH3 is 1. The molecule has 1 saturated heterocycles. The average Bonchev–Trinajstić information content (AvgIpc) is 2.93. The van der Waals surface area contributed by atoms with Gasteiger partial charge in [0.1, 0.15) is 0 Å². The zero-order valence-corrected chi connectivity index (χ0v) is 15.6. The van der Waals surface area contributed by atoms with Crippen LogP contribution in [0, 0.1) is 6.92 Å². The lowest BCUT2D eigenvalue weighted by atomic mass is 10.2. The van der Waals surface area contributed by atoms with Gasteiger partial charge in [0, 0.05) is 38.3 Å². The Labute approximate surface area is 144 Å². The van der Waals surface area contributed by atoms with Crippen molar-refractivity contribution in [1.29, 1.82) is 0 Å². The lowest BCUT2D eigenvalue weighted by molar-refractivity contribution is -0.117. The quantitative estimate of drug-likeness (QED) is 0.753. The maximum Gasteiger partial charge on any atom is 0.243 e. The highest BCUT2D eigenvalue weighted by molar-refractivity contribution is 7.89. The Morgan fingerprint density at radius 1 is 1.38 bits per heavy atom. The minimum Gasteiger partial charge on any atom is -0.383 e. The number of carbonyl (C=O) groups excluding carboxylic acids is 1. The molecule has 0 aromatic heterocycles. The first-order valence-electron chi connectivity index (χ1n) is 8.24. The van der Waals surface area contributed by atoms with Crippen molar-refractivity contribution in [2.24, 2.45) is 0 Å². The Balaban J connectivity index is 2.35. The summed E-state index contributed by atoms with van der Waals surface area (Å²) in [6, 6.07) is 4.86. The van der Waals surface area contributed by atoms with E-state index in [4.69, 9.17) is 4.74 Å². The van der Waals surface area contributed by atoms with E-state index in [0.717, 1.165) is 12.1 Å². The van der Waals surface area contributed by atoms with Crippen LogP contribution in [0.5, 0.6) is 0 Å². The number of rotatable bonds is 7. The number of sulfonamides is 1. The zero-order chi connectivity index (χ0) is 17.9. The number of aryl methyl sites for hydroxylation is 1. The minimum absolute atomic E-state index is 0.0916. The van der Waals surface area contributed by atoms with Crippen LogP contribution in [0.3, 0.4) is 0 Å². The van der Waals surface area contributed by atoms with Gasteiger partial charge in [-0.1, -0.05) is 6.92 Å². The van der Waals surface area contributed by atoms with E-state index in [1.807, 2.05) is 13.8 Å². The normalized spacial score (nSPS) is 16.9. The molecule has 7 heteroatoms. The number of anilines is 1. The van der Waals surface area contributed by atoms with Crippen LogP contribution in [0.15, 0.2) is 23.1 Å². The highest BCUT2D eigenvalue weighted by Crippen LogP contribution is 2.28. The van der Waals surface area contributed by atoms with Crippen LogP contribution in [0.1, 0.15) is 32.3 Å². The van der Waals surface area contributed by atoms with Crippen LogP contribution in [-0.4, -0.2) is 51.5 Å². The molecule has 1 atom stereocenters. The monoisotopic (exact) mass is 354 g/mol. The van der Waals surface area contributed by atoms with Gasteiger partial charge in [-0.15, -0.1) is 0 Å². The van der Waals surface area contributed by atoms with Gasteiger partial charge in [0.05, 0.1) is 11.5 Å². The van der Waals surface area contributed by atoms with Crippen molar-refractivity contribution in [2.45, 2.75) is 44.6 Å². The number of benzene rings is 1. The lowest BCUT2D eigenvalue weighted by Gasteiger charge is -2.27. The highest BCUT2D eigenvalue weighted by atomic mass is 32.2. The molecule has 1 amide bonds. The molecular formula is C17H26N2O4S. The molecule has 0 spiro atoms. The fraction of sp³-hybridized carbons (Fsp3) is 0.588. The van der Waals surface area contributed by atoms with Crippen LogP contribution in [-0.2, 0) is 19.6 Å². The van der Waals surface area contributed by atoms with Gasteiger partial charge in [-0.05, 0) is 44.0 Å². The molecule has 1 aliphatic heterocycles. The van der Waals surface area contributed by atoms with Gasteiger partial charge in [0.2, 0.25) is 15.9 Å². The third-order valence-corrected chi connectivity index (χ3v) is 6.59. The minimum atomic E-state index is -3.61. The van der Waals surface area contributed by atoms with E-state index in [1.54, 1.807) is 37.1 Å². The molecule has 134 valence electrons. The van der Waals surface area contributed by atoms with Gasteiger partial charge in [-0.3, -0.25) is 4.79 Å². The maximum atomic E-state index is 13.0. The molecular weight excluding hydrogens is 328 g/mol. The van der Waals surface area contributed by atoms with Crippen LogP contribution >= 0.6 is 0 Å². The van der Waals surface area contributed by atoms with Crippen LogP contribution in [0.25, 0.3) is 0 Å². The second kappa shape index (κ2) is 7.63. The Hall–Kier alpha value is -1.44. The second-order valence-electron chi connectivity index (χ2n) is 6.11. The first-order valence-corrected chi connectivity index (χ1v) is 9.68. The van der Waals surface area contributed by atoms with Gasteiger partial charge in [-0.2, -0.15) is 4.31 Å². The number of likely N-dealkylation sites (N-methyl/N-ethyl adjacent to an activating group) is 1. The third kappa shape index (κ3) is 3.63. The van der Waals surface area contributed by atoms with Crippen molar-refractivity contribution in [2.75, 3.05) is 31.7 Å². The SMILES string of the molecule is CCN(C(C)COC)S(=O)(=O)c1ccc(N2CCCC2=O)cc1C. The molecule has 1 fully saturated rings. The zero-order valence-electron chi connectivity index (χ0n) is 14.8. The Morgan fingerprint density at radius 3 is 2.58 bits per heavy atom. The molecule has 24 heavy (non-hydrogen) atoms. The van der Waals surface area contributed by atoms with Crippen molar-refractivity contribution >= 4 is 21.6 Å². The smallest absolute Gasteiger partial charge is 0.243 e. The standard InChI is InChI=1S/C17H26N2O4S/c1-5-19(14(3)12-23-4)24(21,22)16-9-8-15(11-13(16)2)18-10-6-7-17(18)20/h8-9,11,14H,5-7,10,12H2,1-4H3. The summed E-state index contributed by atoms with van der Waals surface area (Å²) in [6.07, 6.45) is 1.40. The van der Waals surface area contributed by atoms with Crippen LogP contribution in [0.2, 0.25) is 0 Å². The molecule has 1 aromatic rings. The summed E-state index contributed by atoms with van der Waals surface area (Å²) in [7, 11) is -2.05. The molecule has 0 aliphatic carbocycles. The lowest BCUT2D eigenvalue weighted by Crippen LogP contribution is -2.41. The van der Waals surface area contributed by atoms with E-state index < -0.39 is 10.0 Å². The molecule has 2 rings (SSSR count). The highest BCUT2D eigenvalue weighted by Gasteiger charge is 2.30. The molecule has 0 saturated carbocycles. The van der Waals surface area contributed by atoms with Crippen LogP contribution in [0.4, 0.5) is 5.69 Å². The number of amides is 1. The van der Waals surface area contributed by atoms with E-state index in [0.29, 0.717) is 31.7 Å². The first kappa shape index (κ1) is 18.9. The number of hydrogen-bond donors (Lipinski definition) is 0. The van der Waals surface area contributed by atoms with Crippen molar-refractivity contribution in [3.8, 4) is 0 Å². The van der Waals surface area contributed by atoms with E-state index in [9.17, 15) is 13.2 Å². The maximum absolute atomic E-state index is 13.0. The molecule has 1 aliphatic rings. The number of ether oxygens (including phenoxy) is 1. The molecule has 6 nitrogen and oxygen atoms in total. The number of nitrogens with zero attached hydrogens (tertiary/aromatic N) is 2. The molecule has 0 bridgehead atoms. The first-order chi connectivity index (χ1) is 11.3. The topological polar surface area (TPSA) is 66.9 Å². The second-order valence-corrected chi connectivity index (χ2v) is 7.97. The van der Waals surface area contributed by atoms with E-state index >= 15 is 0 Å².